The van der Waals surface area contributed by atoms with E-state index in [1.54, 1.807) is 0 Å². The van der Waals surface area contributed by atoms with Crippen LogP contribution in [0.1, 0.15) is 19.3 Å². The number of alkyl halides is 3. The molecular formula is C13H17F3N6O2S. The zero-order valence-electron chi connectivity index (χ0n) is 13.3. The molecule has 0 aromatic carbocycles. The molecule has 12 heteroatoms. The number of nitrogens with two attached hydrogens (primary N) is 1. The van der Waals surface area contributed by atoms with E-state index < -0.39 is 18.7 Å². The van der Waals surface area contributed by atoms with Gasteiger partial charge in [-0.2, -0.15) is 13.2 Å². The predicted molar refractivity (Wildman–Crippen MR) is 87.6 cm³/mol. The second-order valence-corrected chi connectivity index (χ2v) is 5.68. The molecule has 1 aromatic rings. The first-order valence-electron chi connectivity index (χ1n) is 6.98. The number of aromatic nitrogens is 2. The molecule has 0 saturated heterocycles. The van der Waals surface area contributed by atoms with Crippen molar-refractivity contribution in [2.75, 3.05) is 19.0 Å². The average Bonchev–Trinajstić information content (AvgIpc) is 2.52. The molecule has 0 spiro atoms. The average molecular weight is 378 g/mol. The first-order valence-corrected chi connectivity index (χ1v) is 7.80. The Morgan fingerprint density at radius 1 is 1.48 bits per heavy atom. The summed E-state index contributed by atoms with van der Waals surface area (Å²) >= 11 is 0.970. The number of nitrogens with one attached hydrogen (secondary N) is 2. The van der Waals surface area contributed by atoms with Gasteiger partial charge in [-0.3, -0.25) is 10.2 Å². The summed E-state index contributed by atoms with van der Waals surface area (Å²) in [6.45, 7) is -1.40. The van der Waals surface area contributed by atoms with Crippen LogP contribution in [0.5, 0.6) is 0 Å². The number of carbonyl (C=O) groups excluding carboxylic acids is 1. The van der Waals surface area contributed by atoms with Crippen LogP contribution in [0, 0.1) is 5.41 Å². The number of methoxy groups -OCH3 is 1. The lowest BCUT2D eigenvalue weighted by atomic mass is 10.2. The molecular weight excluding hydrogens is 361 g/mol. The molecule has 0 aliphatic heterocycles. The molecule has 138 valence electrons. The summed E-state index contributed by atoms with van der Waals surface area (Å²) in [5.41, 5.74) is 5.36. The molecule has 0 bridgehead atoms. The van der Waals surface area contributed by atoms with Crippen molar-refractivity contribution in [2.24, 2.45) is 10.7 Å². The van der Waals surface area contributed by atoms with Crippen molar-refractivity contribution in [3.8, 4) is 0 Å². The van der Waals surface area contributed by atoms with Gasteiger partial charge in [-0.15, -0.1) is 0 Å². The number of halogens is 3. The number of aliphatic imine (C=N–C) groups is 1. The molecule has 0 amide bonds. The third-order valence-electron chi connectivity index (χ3n) is 2.55. The standard InChI is InChI=1S/C13H17F3N6O2S/c1-24-10(23)4-2-3-8(17)25-12-19-6-5-9(22-12)21-11(18)20-7-13(14,15)16/h5-6,17H,2-4,7H2,1H3,(H3,18,19,20,21,22). The highest BCUT2D eigenvalue weighted by molar-refractivity contribution is 8.13. The van der Waals surface area contributed by atoms with Crippen LogP contribution in [0.15, 0.2) is 22.4 Å². The number of guanidine groups is 1. The van der Waals surface area contributed by atoms with Gasteiger partial charge >= 0.3 is 12.1 Å². The number of ether oxygens (including phenoxy) is 1. The van der Waals surface area contributed by atoms with Crippen LogP contribution in [0.4, 0.5) is 19.0 Å². The minimum Gasteiger partial charge on any atom is -0.469 e. The Balaban J connectivity index is 2.54. The molecule has 1 heterocycles. The molecule has 1 aromatic heterocycles. The van der Waals surface area contributed by atoms with E-state index in [0.29, 0.717) is 12.8 Å². The van der Waals surface area contributed by atoms with E-state index in [2.05, 4.69) is 25.0 Å². The highest BCUT2D eigenvalue weighted by atomic mass is 32.2. The first kappa shape index (κ1) is 20.7. The predicted octanol–water partition coefficient (Wildman–Crippen LogP) is 2.18. The lowest BCUT2D eigenvalue weighted by Crippen LogP contribution is -2.26. The Labute approximate surface area is 146 Å². The van der Waals surface area contributed by atoms with Gasteiger partial charge in [-0.25, -0.2) is 15.0 Å². The number of hydrogen-bond acceptors (Lipinski definition) is 7. The number of hydrogen-bond donors (Lipinski definition) is 3. The Morgan fingerprint density at radius 3 is 2.84 bits per heavy atom. The van der Waals surface area contributed by atoms with Gasteiger partial charge in [-0.1, -0.05) is 0 Å². The Hall–Kier alpha value is -2.37. The van der Waals surface area contributed by atoms with Crippen LogP contribution in [-0.4, -0.2) is 46.8 Å². The van der Waals surface area contributed by atoms with E-state index in [1.165, 1.54) is 19.4 Å². The minimum atomic E-state index is -4.45. The molecule has 25 heavy (non-hydrogen) atoms. The molecule has 0 aliphatic carbocycles. The molecule has 0 atom stereocenters. The fourth-order valence-electron chi connectivity index (χ4n) is 1.46. The first-order chi connectivity index (χ1) is 11.7. The summed E-state index contributed by atoms with van der Waals surface area (Å²) < 4.78 is 40.7. The zero-order valence-corrected chi connectivity index (χ0v) is 14.1. The zero-order chi connectivity index (χ0) is 18.9. The summed E-state index contributed by atoms with van der Waals surface area (Å²) in [4.78, 5) is 22.1. The smallest absolute Gasteiger partial charge is 0.408 e. The highest BCUT2D eigenvalue weighted by Gasteiger charge is 2.26. The van der Waals surface area contributed by atoms with Gasteiger partial charge in [-0.05, 0) is 30.7 Å². The highest BCUT2D eigenvalue weighted by Crippen LogP contribution is 2.19. The number of carbonyl (C=O) groups is 1. The van der Waals surface area contributed by atoms with Crippen molar-refractivity contribution >= 4 is 34.6 Å². The Kier molecular flexibility index (Phi) is 8.11. The van der Waals surface area contributed by atoms with Crippen molar-refractivity contribution in [1.82, 2.24) is 9.97 Å². The van der Waals surface area contributed by atoms with Crippen molar-refractivity contribution in [3.63, 3.8) is 0 Å². The topological polar surface area (TPSA) is 126 Å². The van der Waals surface area contributed by atoms with Gasteiger partial charge in [0, 0.05) is 12.6 Å². The van der Waals surface area contributed by atoms with E-state index in [1.807, 2.05) is 0 Å². The second kappa shape index (κ2) is 9.81. The third kappa shape index (κ3) is 9.49. The van der Waals surface area contributed by atoms with Crippen LogP contribution < -0.4 is 11.1 Å². The van der Waals surface area contributed by atoms with Gasteiger partial charge in [0.2, 0.25) is 0 Å². The maximum Gasteiger partial charge on any atom is 0.408 e. The molecule has 4 N–H and O–H groups in total. The van der Waals surface area contributed by atoms with Crippen molar-refractivity contribution in [1.29, 1.82) is 5.41 Å². The van der Waals surface area contributed by atoms with E-state index >= 15 is 0 Å². The van der Waals surface area contributed by atoms with Crippen LogP contribution in [0.25, 0.3) is 0 Å². The molecule has 8 nitrogen and oxygen atoms in total. The van der Waals surface area contributed by atoms with E-state index in [0.717, 1.165) is 11.8 Å². The fourth-order valence-corrected chi connectivity index (χ4v) is 2.19. The van der Waals surface area contributed by atoms with Crippen LogP contribution in [0.2, 0.25) is 0 Å². The quantitative estimate of drug-likeness (QED) is 0.218. The molecule has 0 fully saturated rings. The third-order valence-corrected chi connectivity index (χ3v) is 3.37. The molecule has 0 unspecified atom stereocenters. The number of esters is 1. The summed E-state index contributed by atoms with van der Waals surface area (Å²) in [6.07, 6.45) is -2.08. The number of anilines is 1. The van der Waals surface area contributed by atoms with E-state index in [9.17, 15) is 18.0 Å². The largest absolute Gasteiger partial charge is 0.469 e. The lowest BCUT2D eigenvalue weighted by molar-refractivity contribution is -0.140. The maximum absolute atomic E-state index is 12.1. The SMILES string of the molecule is COC(=O)CCCC(=N)Sc1nccc(NC(N)=NCC(F)(F)F)n1. The number of nitrogens with zero attached hydrogens (tertiary/aromatic N) is 3. The summed E-state index contributed by atoms with van der Waals surface area (Å²) in [5, 5.41) is 10.7. The Bertz CT molecular complexity index is 638. The minimum absolute atomic E-state index is 0.156. The number of thioether (sulfide) groups is 1. The Morgan fingerprint density at radius 2 is 2.20 bits per heavy atom. The van der Waals surface area contributed by atoms with Gasteiger partial charge in [0.25, 0.3) is 0 Å². The fraction of sp³-hybridized carbons (Fsp3) is 0.462. The van der Waals surface area contributed by atoms with Crippen LogP contribution >= 0.6 is 11.8 Å². The van der Waals surface area contributed by atoms with Crippen LogP contribution in [-0.2, 0) is 9.53 Å². The second-order valence-electron chi connectivity index (χ2n) is 4.62. The van der Waals surface area contributed by atoms with E-state index in [4.69, 9.17) is 11.1 Å². The van der Waals surface area contributed by atoms with Crippen molar-refractivity contribution in [3.05, 3.63) is 12.3 Å². The molecule has 0 saturated carbocycles. The van der Waals surface area contributed by atoms with Crippen molar-refractivity contribution in [2.45, 2.75) is 30.6 Å². The maximum atomic E-state index is 12.1. The van der Waals surface area contributed by atoms with Crippen LogP contribution in [0.3, 0.4) is 0 Å². The molecule has 0 radical (unpaired) electrons. The number of rotatable bonds is 7. The summed E-state index contributed by atoms with van der Waals surface area (Å²) in [5.74, 6) is -0.628. The lowest BCUT2D eigenvalue weighted by Gasteiger charge is -2.07. The molecule has 0 aliphatic rings. The van der Waals surface area contributed by atoms with E-state index in [-0.39, 0.29) is 28.4 Å². The van der Waals surface area contributed by atoms with Crippen molar-refractivity contribution < 1.29 is 22.7 Å². The van der Waals surface area contributed by atoms with Gasteiger partial charge in [0.15, 0.2) is 11.1 Å². The summed E-state index contributed by atoms with van der Waals surface area (Å²) in [6, 6.07) is 1.40. The molecule has 1 rings (SSSR count). The van der Waals surface area contributed by atoms with Gasteiger partial charge in [0.1, 0.15) is 12.4 Å². The summed E-state index contributed by atoms with van der Waals surface area (Å²) in [7, 11) is 1.29. The normalized spacial score (nSPS) is 11.9. The monoisotopic (exact) mass is 378 g/mol. The van der Waals surface area contributed by atoms with Gasteiger partial charge < -0.3 is 15.8 Å². The van der Waals surface area contributed by atoms with Gasteiger partial charge in [0.05, 0.1) is 12.2 Å².